The van der Waals surface area contributed by atoms with Crippen LogP contribution in [0.3, 0.4) is 0 Å². The van der Waals surface area contributed by atoms with Crippen molar-refractivity contribution in [3.63, 3.8) is 0 Å². The number of alkyl halides is 1. The highest BCUT2D eigenvalue weighted by Gasteiger charge is 2.45. The Morgan fingerprint density at radius 2 is 1.64 bits per heavy atom. The Hall–Kier alpha value is -2.11. The van der Waals surface area contributed by atoms with Gasteiger partial charge in [-0.1, -0.05) is 30.3 Å². The highest BCUT2D eigenvalue weighted by molar-refractivity contribution is 5.86. The minimum Gasteiger partial charge on any atom is -0.340 e. The summed E-state index contributed by atoms with van der Waals surface area (Å²) in [6.45, 7) is 2.44. The van der Waals surface area contributed by atoms with Gasteiger partial charge in [0.05, 0.1) is 0 Å². The maximum atomic E-state index is 15.0. The van der Waals surface area contributed by atoms with E-state index in [4.69, 9.17) is 0 Å². The van der Waals surface area contributed by atoms with Gasteiger partial charge in [0, 0.05) is 45.6 Å². The van der Waals surface area contributed by atoms with Crippen molar-refractivity contribution in [3.05, 3.63) is 35.9 Å². The lowest BCUT2D eigenvalue weighted by Crippen LogP contribution is -2.54. The maximum absolute atomic E-state index is 15.0. The van der Waals surface area contributed by atoms with Gasteiger partial charge in [-0.05, 0) is 24.8 Å². The number of hydrogen-bond donors (Lipinski definition) is 1. The van der Waals surface area contributed by atoms with Crippen molar-refractivity contribution >= 4 is 11.9 Å². The van der Waals surface area contributed by atoms with E-state index in [1.165, 1.54) is 5.56 Å². The van der Waals surface area contributed by atoms with E-state index in [1.807, 2.05) is 30.3 Å². The number of halogens is 1. The topological polar surface area (TPSA) is 52.7 Å². The Morgan fingerprint density at radius 1 is 1.00 bits per heavy atom. The molecule has 1 aromatic rings. The maximum Gasteiger partial charge on any atom is 0.317 e. The summed E-state index contributed by atoms with van der Waals surface area (Å²) < 4.78 is 15.0. The number of carbonyl (C=O) groups excluding carboxylic acids is 2. The average Bonchev–Trinajstić information content (AvgIpc) is 3.17. The van der Waals surface area contributed by atoms with Gasteiger partial charge in [0.25, 0.3) is 5.91 Å². The predicted octanol–water partition coefficient (Wildman–Crippen LogP) is 2.37. The zero-order valence-electron chi connectivity index (χ0n) is 14.5. The summed E-state index contributed by atoms with van der Waals surface area (Å²) in [6, 6.07) is 9.78. The molecule has 2 aliphatic rings. The minimum absolute atomic E-state index is 0.0917. The van der Waals surface area contributed by atoms with Crippen LogP contribution in [0.4, 0.5) is 9.18 Å². The molecule has 2 heterocycles. The Labute approximate surface area is 148 Å². The van der Waals surface area contributed by atoms with Gasteiger partial charge >= 0.3 is 6.03 Å². The molecule has 0 bridgehead atoms. The molecule has 1 aromatic carbocycles. The van der Waals surface area contributed by atoms with Gasteiger partial charge in [0.15, 0.2) is 5.67 Å². The van der Waals surface area contributed by atoms with Crippen LogP contribution in [0.1, 0.15) is 31.2 Å². The van der Waals surface area contributed by atoms with Crippen molar-refractivity contribution < 1.29 is 14.0 Å². The van der Waals surface area contributed by atoms with E-state index in [9.17, 15) is 14.0 Å². The van der Waals surface area contributed by atoms with E-state index in [-0.39, 0.29) is 37.9 Å². The molecule has 0 saturated carbocycles. The summed E-state index contributed by atoms with van der Waals surface area (Å²) in [7, 11) is 0. The molecule has 3 rings (SSSR count). The first-order valence-electron chi connectivity index (χ1n) is 9.13. The van der Waals surface area contributed by atoms with Gasteiger partial charge in [-0.25, -0.2) is 9.18 Å². The fraction of sp³-hybridized carbons (Fsp3) is 0.579. The van der Waals surface area contributed by atoms with Crippen molar-refractivity contribution in [2.45, 2.75) is 37.8 Å². The quantitative estimate of drug-likeness (QED) is 0.909. The molecular weight excluding hydrogens is 321 g/mol. The summed E-state index contributed by atoms with van der Waals surface area (Å²) in [5.74, 6) is -0.380. The van der Waals surface area contributed by atoms with Crippen LogP contribution < -0.4 is 5.32 Å². The van der Waals surface area contributed by atoms with Crippen molar-refractivity contribution in [3.8, 4) is 0 Å². The van der Waals surface area contributed by atoms with Gasteiger partial charge in [-0.3, -0.25) is 4.79 Å². The standard InChI is InChI=1S/C19H26FN3O2/c20-19(17(24)22-12-4-5-13-22)9-14-23(15-10-19)18(25)21-11-8-16-6-2-1-3-7-16/h1-3,6-7H,4-5,8-15H2,(H,21,25). The largest absolute Gasteiger partial charge is 0.340 e. The summed E-state index contributed by atoms with van der Waals surface area (Å²) in [5, 5.41) is 2.88. The molecule has 1 N–H and O–H groups in total. The number of nitrogens with one attached hydrogen (secondary N) is 1. The van der Waals surface area contributed by atoms with Crippen LogP contribution in [0.25, 0.3) is 0 Å². The van der Waals surface area contributed by atoms with Gasteiger partial charge in [-0.2, -0.15) is 0 Å². The zero-order chi connectivity index (χ0) is 17.7. The molecule has 0 atom stereocenters. The third kappa shape index (κ3) is 4.30. The number of benzene rings is 1. The molecule has 136 valence electrons. The molecule has 6 heteroatoms. The van der Waals surface area contributed by atoms with Gasteiger partial charge in [0.1, 0.15) is 0 Å². The van der Waals surface area contributed by atoms with E-state index in [0.717, 1.165) is 19.3 Å². The first-order valence-corrected chi connectivity index (χ1v) is 9.13. The summed E-state index contributed by atoms with van der Waals surface area (Å²) in [6.07, 6.45) is 2.86. The lowest BCUT2D eigenvalue weighted by atomic mass is 9.92. The van der Waals surface area contributed by atoms with E-state index in [1.54, 1.807) is 9.80 Å². The van der Waals surface area contributed by atoms with E-state index in [0.29, 0.717) is 19.6 Å². The minimum atomic E-state index is -1.80. The second-order valence-corrected chi connectivity index (χ2v) is 6.92. The van der Waals surface area contributed by atoms with Crippen LogP contribution in [0, 0.1) is 0 Å². The van der Waals surface area contributed by atoms with Gasteiger partial charge < -0.3 is 15.1 Å². The Kier molecular flexibility index (Phi) is 5.56. The lowest BCUT2D eigenvalue weighted by molar-refractivity contribution is -0.145. The Balaban J connectivity index is 1.43. The highest BCUT2D eigenvalue weighted by atomic mass is 19.1. The van der Waals surface area contributed by atoms with Crippen LogP contribution in [-0.2, 0) is 11.2 Å². The summed E-state index contributed by atoms with van der Waals surface area (Å²) in [4.78, 5) is 27.8. The van der Waals surface area contributed by atoms with Crippen LogP contribution >= 0.6 is 0 Å². The number of rotatable bonds is 4. The number of nitrogens with zero attached hydrogens (tertiary/aromatic N) is 2. The Bertz CT molecular complexity index is 594. The van der Waals surface area contributed by atoms with Crippen LogP contribution in [0.15, 0.2) is 30.3 Å². The molecule has 0 radical (unpaired) electrons. The normalized spacial score (nSPS) is 19.7. The van der Waals surface area contributed by atoms with Crippen LogP contribution in [0.2, 0.25) is 0 Å². The van der Waals surface area contributed by atoms with Crippen molar-refractivity contribution in [2.24, 2.45) is 0 Å². The van der Waals surface area contributed by atoms with Crippen LogP contribution in [-0.4, -0.2) is 60.1 Å². The first kappa shape index (κ1) is 17.7. The fourth-order valence-corrected chi connectivity index (χ4v) is 3.55. The number of likely N-dealkylation sites (tertiary alicyclic amines) is 2. The van der Waals surface area contributed by atoms with E-state index in [2.05, 4.69) is 5.32 Å². The molecule has 0 aliphatic carbocycles. The third-order valence-electron chi connectivity index (χ3n) is 5.15. The first-order chi connectivity index (χ1) is 12.1. The molecule has 25 heavy (non-hydrogen) atoms. The number of urea groups is 1. The molecule has 2 saturated heterocycles. The van der Waals surface area contributed by atoms with Gasteiger partial charge in [0.2, 0.25) is 0 Å². The molecule has 5 nitrogen and oxygen atoms in total. The number of carbonyl (C=O) groups is 2. The smallest absolute Gasteiger partial charge is 0.317 e. The van der Waals surface area contributed by atoms with E-state index < -0.39 is 5.67 Å². The molecule has 0 spiro atoms. The van der Waals surface area contributed by atoms with Crippen molar-refractivity contribution in [1.82, 2.24) is 15.1 Å². The molecular formula is C19H26FN3O2. The monoisotopic (exact) mass is 347 g/mol. The zero-order valence-corrected chi connectivity index (χ0v) is 14.5. The van der Waals surface area contributed by atoms with Crippen molar-refractivity contribution in [2.75, 3.05) is 32.7 Å². The number of amides is 3. The second-order valence-electron chi connectivity index (χ2n) is 6.92. The fourth-order valence-electron chi connectivity index (χ4n) is 3.55. The predicted molar refractivity (Wildman–Crippen MR) is 94.0 cm³/mol. The Morgan fingerprint density at radius 3 is 2.28 bits per heavy atom. The summed E-state index contributed by atoms with van der Waals surface area (Å²) in [5.41, 5.74) is -0.633. The van der Waals surface area contributed by atoms with Crippen molar-refractivity contribution in [1.29, 1.82) is 0 Å². The summed E-state index contributed by atoms with van der Waals surface area (Å²) >= 11 is 0. The molecule has 3 amide bonds. The molecule has 0 aromatic heterocycles. The number of piperidine rings is 1. The van der Waals surface area contributed by atoms with E-state index >= 15 is 0 Å². The highest BCUT2D eigenvalue weighted by Crippen LogP contribution is 2.30. The third-order valence-corrected chi connectivity index (χ3v) is 5.15. The second kappa shape index (κ2) is 7.85. The lowest BCUT2D eigenvalue weighted by Gasteiger charge is -2.37. The SMILES string of the molecule is O=C(NCCc1ccccc1)N1CCC(F)(C(=O)N2CCCC2)CC1. The molecule has 2 aliphatic heterocycles. The molecule has 2 fully saturated rings. The van der Waals surface area contributed by atoms with Gasteiger partial charge in [-0.15, -0.1) is 0 Å². The molecule has 0 unspecified atom stereocenters. The number of hydrogen-bond acceptors (Lipinski definition) is 2. The van der Waals surface area contributed by atoms with Crippen LogP contribution in [0.5, 0.6) is 0 Å². The average molecular weight is 347 g/mol.